The van der Waals surface area contributed by atoms with Crippen molar-refractivity contribution in [1.29, 1.82) is 0 Å². The van der Waals surface area contributed by atoms with Crippen LogP contribution in [0.3, 0.4) is 0 Å². The van der Waals surface area contributed by atoms with E-state index in [1.165, 1.54) is 0 Å². The van der Waals surface area contributed by atoms with Crippen LogP contribution in [0.25, 0.3) is 0 Å². The number of carbonyl (C=O) groups is 1. The highest BCUT2D eigenvalue weighted by Crippen LogP contribution is 2.33. The maximum atomic E-state index is 14.3. The Morgan fingerprint density at radius 3 is 2.00 bits per heavy atom. The minimum atomic E-state index is -4.42. The van der Waals surface area contributed by atoms with Gasteiger partial charge in [0.05, 0.1) is 16.1 Å². The van der Waals surface area contributed by atoms with E-state index >= 15 is 0 Å². The Balaban J connectivity index is 2.41. The zero-order valence-electron chi connectivity index (χ0n) is 14.8. The number of hydrogen-bond donors (Lipinski definition) is 2. The van der Waals surface area contributed by atoms with Crippen LogP contribution < -0.4 is 14.2 Å². The lowest BCUT2D eigenvalue weighted by Crippen LogP contribution is -2.15. The molecule has 7 nitrogen and oxygen atoms in total. The van der Waals surface area contributed by atoms with Gasteiger partial charge in [0.2, 0.25) is 5.82 Å². The summed E-state index contributed by atoms with van der Waals surface area (Å²) in [5.41, 5.74) is -0.787. The number of anilines is 1. The number of sulfonamides is 1. The second-order valence-electron chi connectivity index (χ2n) is 5.63. The maximum absolute atomic E-state index is 14.3. The molecule has 0 bridgehead atoms. The van der Waals surface area contributed by atoms with E-state index in [-0.39, 0.29) is 5.56 Å². The summed E-state index contributed by atoms with van der Waals surface area (Å²) in [6.45, 7) is -2.50. The van der Waals surface area contributed by atoms with Gasteiger partial charge in [-0.2, -0.15) is 4.39 Å². The smallest absolute Gasteiger partial charge is 0.335 e. The Morgan fingerprint density at radius 1 is 1.00 bits per heavy atom. The first-order valence-electron chi connectivity index (χ1n) is 8.01. The molecular weight excluding hydrogens is 441 g/mol. The standard InChI is InChI=1S/C17H14F5NO6S/c18-14(19)7-28-12-5-10(6-13(16(12)22)29-8-15(20)21)23-30(26,27)11-3-1-2-9(4-11)17(24)25/h1-6,14-15,23H,7-8H2,(H,24,25). The van der Waals surface area contributed by atoms with Gasteiger partial charge < -0.3 is 14.6 Å². The van der Waals surface area contributed by atoms with Crippen LogP contribution in [0, 0.1) is 5.82 Å². The lowest BCUT2D eigenvalue weighted by molar-refractivity contribution is 0.0695. The molecule has 0 atom stereocenters. The fourth-order valence-corrected chi connectivity index (χ4v) is 3.24. The van der Waals surface area contributed by atoms with Crippen molar-refractivity contribution >= 4 is 21.7 Å². The molecule has 0 aliphatic carbocycles. The molecule has 2 rings (SSSR count). The Labute approximate surface area is 167 Å². The molecule has 0 saturated carbocycles. The molecule has 0 fully saturated rings. The molecule has 0 saturated heterocycles. The lowest BCUT2D eigenvalue weighted by Gasteiger charge is -2.15. The summed E-state index contributed by atoms with van der Waals surface area (Å²) >= 11 is 0. The zero-order chi connectivity index (χ0) is 22.5. The van der Waals surface area contributed by atoms with Crippen LogP contribution in [0.4, 0.5) is 27.6 Å². The van der Waals surface area contributed by atoms with E-state index in [9.17, 15) is 35.2 Å². The minimum Gasteiger partial charge on any atom is -0.484 e. The molecule has 0 unspecified atom stereocenters. The van der Waals surface area contributed by atoms with E-state index in [0.717, 1.165) is 24.3 Å². The van der Waals surface area contributed by atoms with E-state index in [2.05, 4.69) is 9.47 Å². The number of carboxylic acids is 1. The molecule has 0 aromatic heterocycles. The molecule has 2 aromatic carbocycles. The Morgan fingerprint density at radius 2 is 1.53 bits per heavy atom. The predicted molar refractivity (Wildman–Crippen MR) is 93.6 cm³/mol. The topological polar surface area (TPSA) is 102 Å². The summed E-state index contributed by atoms with van der Waals surface area (Å²) in [6, 6.07) is 5.65. The quantitative estimate of drug-likeness (QED) is 0.531. The number of alkyl halides is 4. The second kappa shape index (κ2) is 9.61. The fraction of sp³-hybridized carbons (Fsp3) is 0.235. The summed E-state index contributed by atoms with van der Waals surface area (Å²) in [4.78, 5) is 10.5. The van der Waals surface area contributed by atoms with Crippen molar-refractivity contribution in [1.82, 2.24) is 0 Å². The molecular formula is C17H14F5NO6S. The highest BCUT2D eigenvalue weighted by molar-refractivity contribution is 7.92. The minimum absolute atomic E-state index is 0.334. The molecule has 0 aliphatic heterocycles. The number of benzene rings is 2. The molecule has 0 radical (unpaired) electrons. The van der Waals surface area contributed by atoms with Gasteiger partial charge in [-0.3, -0.25) is 4.72 Å². The average Bonchev–Trinajstić information content (AvgIpc) is 2.66. The van der Waals surface area contributed by atoms with Gasteiger partial charge >= 0.3 is 5.97 Å². The molecule has 0 aliphatic rings. The largest absolute Gasteiger partial charge is 0.484 e. The molecule has 2 N–H and O–H groups in total. The van der Waals surface area contributed by atoms with Gasteiger partial charge in [-0.15, -0.1) is 0 Å². The number of nitrogens with one attached hydrogen (secondary N) is 1. The van der Waals surface area contributed by atoms with Crippen LogP contribution in [0.1, 0.15) is 10.4 Å². The van der Waals surface area contributed by atoms with E-state index < -0.39 is 70.0 Å². The third-order valence-electron chi connectivity index (χ3n) is 3.38. The van der Waals surface area contributed by atoms with Crippen molar-refractivity contribution < 1.29 is 49.7 Å². The Bertz CT molecular complexity index is 982. The van der Waals surface area contributed by atoms with Gasteiger partial charge in [0, 0.05) is 12.1 Å². The third kappa shape index (κ3) is 6.20. The second-order valence-corrected chi connectivity index (χ2v) is 7.31. The number of halogens is 5. The van der Waals surface area contributed by atoms with Crippen LogP contribution in [0.5, 0.6) is 11.5 Å². The summed E-state index contributed by atoms with van der Waals surface area (Å²) in [6.07, 6.45) is -5.98. The van der Waals surface area contributed by atoms with Gasteiger partial charge in [0.25, 0.3) is 22.9 Å². The zero-order valence-corrected chi connectivity index (χ0v) is 15.6. The first-order chi connectivity index (χ1) is 14.0. The van der Waals surface area contributed by atoms with E-state index in [1.54, 1.807) is 0 Å². The Hall–Kier alpha value is -3.09. The average molecular weight is 455 g/mol. The van der Waals surface area contributed by atoms with Crippen molar-refractivity contribution in [3.63, 3.8) is 0 Å². The summed E-state index contributed by atoms with van der Waals surface area (Å²) < 4.78 is 99.8. The number of rotatable bonds is 10. The normalized spacial score (nSPS) is 11.6. The van der Waals surface area contributed by atoms with Crippen LogP contribution >= 0.6 is 0 Å². The summed E-state index contributed by atoms with van der Waals surface area (Å²) in [5, 5.41) is 8.96. The van der Waals surface area contributed by atoms with Crippen LogP contribution in [-0.2, 0) is 10.0 Å². The van der Waals surface area contributed by atoms with Crippen LogP contribution in [0.2, 0.25) is 0 Å². The molecule has 164 valence electrons. The van der Waals surface area contributed by atoms with Gasteiger partial charge in [-0.05, 0) is 18.2 Å². The first-order valence-corrected chi connectivity index (χ1v) is 9.49. The van der Waals surface area contributed by atoms with Gasteiger partial charge in [0.1, 0.15) is 13.2 Å². The third-order valence-corrected chi connectivity index (χ3v) is 4.76. The van der Waals surface area contributed by atoms with Crippen LogP contribution in [0.15, 0.2) is 41.3 Å². The fourth-order valence-electron chi connectivity index (χ4n) is 2.16. The lowest BCUT2D eigenvalue weighted by atomic mass is 10.2. The Kier molecular flexibility index (Phi) is 7.43. The molecule has 0 spiro atoms. The van der Waals surface area contributed by atoms with Crippen molar-refractivity contribution in [2.24, 2.45) is 0 Å². The van der Waals surface area contributed by atoms with Crippen molar-refractivity contribution in [3.05, 3.63) is 47.8 Å². The highest BCUT2D eigenvalue weighted by Gasteiger charge is 2.21. The highest BCUT2D eigenvalue weighted by atomic mass is 32.2. The molecule has 30 heavy (non-hydrogen) atoms. The summed E-state index contributed by atoms with van der Waals surface area (Å²) in [7, 11) is -4.42. The van der Waals surface area contributed by atoms with E-state index in [0.29, 0.717) is 12.1 Å². The number of carboxylic acid groups (broad SMARTS) is 1. The number of ether oxygens (including phenoxy) is 2. The monoisotopic (exact) mass is 455 g/mol. The van der Waals surface area contributed by atoms with Crippen molar-refractivity contribution in [2.45, 2.75) is 17.7 Å². The van der Waals surface area contributed by atoms with E-state index in [4.69, 9.17) is 5.11 Å². The molecule has 13 heteroatoms. The predicted octanol–water partition coefficient (Wildman–Crippen LogP) is 3.61. The maximum Gasteiger partial charge on any atom is 0.335 e. The molecule has 0 amide bonds. The van der Waals surface area contributed by atoms with Crippen LogP contribution in [-0.4, -0.2) is 45.6 Å². The number of hydrogen-bond acceptors (Lipinski definition) is 5. The van der Waals surface area contributed by atoms with Crippen molar-refractivity contribution in [2.75, 3.05) is 17.9 Å². The SMILES string of the molecule is O=C(O)c1cccc(S(=O)(=O)Nc2cc(OCC(F)F)c(F)c(OCC(F)F)c2)c1. The van der Waals surface area contributed by atoms with Crippen molar-refractivity contribution in [3.8, 4) is 11.5 Å². The molecule has 2 aromatic rings. The van der Waals surface area contributed by atoms with Gasteiger partial charge in [-0.1, -0.05) is 6.07 Å². The van der Waals surface area contributed by atoms with Gasteiger partial charge in [0.15, 0.2) is 11.5 Å². The van der Waals surface area contributed by atoms with Gasteiger partial charge in [-0.25, -0.2) is 30.8 Å². The first kappa shape index (κ1) is 23.2. The summed E-state index contributed by atoms with van der Waals surface area (Å²) in [5.74, 6) is -4.50. The van der Waals surface area contributed by atoms with E-state index in [1.807, 2.05) is 4.72 Å². The number of aromatic carboxylic acids is 1. The molecule has 0 heterocycles.